The summed E-state index contributed by atoms with van der Waals surface area (Å²) in [5.74, 6) is 1.60. The lowest BCUT2D eigenvalue weighted by Gasteiger charge is -2.16. The van der Waals surface area contributed by atoms with Crippen LogP contribution in [0.5, 0.6) is 11.5 Å². The van der Waals surface area contributed by atoms with Crippen molar-refractivity contribution in [3.05, 3.63) is 87.0 Å². The zero-order valence-electron chi connectivity index (χ0n) is 15.7. The number of hydrogen-bond donors (Lipinski definition) is 1. The molecule has 0 saturated heterocycles. The number of halogens is 1. The SMILES string of the molecule is CCOc1cc(CNc2ccc(C)cc2)cc(I)c1OCc1ccccc1. The van der Waals surface area contributed by atoms with Crippen LogP contribution in [0.15, 0.2) is 66.7 Å². The van der Waals surface area contributed by atoms with Gasteiger partial charge in [-0.15, -0.1) is 0 Å². The molecule has 4 heteroatoms. The molecular weight excluding hydrogens is 449 g/mol. The van der Waals surface area contributed by atoms with Crippen LogP contribution in [-0.4, -0.2) is 6.61 Å². The Morgan fingerprint density at radius 1 is 0.889 bits per heavy atom. The third-order valence-electron chi connectivity index (χ3n) is 4.14. The van der Waals surface area contributed by atoms with Crippen molar-refractivity contribution in [2.75, 3.05) is 11.9 Å². The van der Waals surface area contributed by atoms with Gasteiger partial charge in [0.15, 0.2) is 11.5 Å². The van der Waals surface area contributed by atoms with Crippen LogP contribution in [0.25, 0.3) is 0 Å². The van der Waals surface area contributed by atoms with Gasteiger partial charge in [-0.25, -0.2) is 0 Å². The van der Waals surface area contributed by atoms with Gasteiger partial charge >= 0.3 is 0 Å². The first-order chi connectivity index (χ1) is 13.2. The van der Waals surface area contributed by atoms with E-state index in [9.17, 15) is 0 Å². The minimum absolute atomic E-state index is 0.526. The van der Waals surface area contributed by atoms with Gasteiger partial charge in [-0.2, -0.15) is 0 Å². The summed E-state index contributed by atoms with van der Waals surface area (Å²) in [6, 6.07) is 22.8. The Hall–Kier alpha value is -2.21. The van der Waals surface area contributed by atoms with E-state index in [0.29, 0.717) is 13.2 Å². The van der Waals surface area contributed by atoms with Gasteiger partial charge in [-0.3, -0.25) is 0 Å². The Kier molecular flexibility index (Phi) is 6.98. The fourth-order valence-corrected chi connectivity index (χ4v) is 3.55. The predicted molar refractivity (Wildman–Crippen MR) is 120 cm³/mol. The molecule has 3 nitrogen and oxygen atoms in total. The molecule has 3 rings (SSSR count). The van der Waals surface area contributed by atoms with E-state index in [0.717, 1.165) is 38.4 Å². The maximum absolute atomic E-state index is 6.08. The summed E-state index contributed by atoms with van der Waals surface area (Å²) in [5, 5.41) is 3.46. The van der Waals surface area contributed by atoms with E-state index in [1.807, 2.05) is 25.1 Å². The minimum atomic E-state index is 0.526. The van der Waals surface area contributed by atoms with Crippen molar-refractivity contribution in [1.29, 1.82) is 0 Å². The second-order valence-corrected chi connectivity index (χ2v) is 7.49. The monoisotopic (exact) mass is 473 g/mol. The number of benzene rings is 3. The van der Waals surface area contributed by atoms with Crippen molar-refractivity contribution in [2.45, 2.75) is 27.0 Å². The van der Waals surface area contributed by atoms with Gasteiger partial charge < -0.3 is 14.8 Å². The van der Waals surface area contributed by atoms with Crippen LogP contribution in [-0.2, 0) is 13.2 Å². The van der Waals surface area contributed by atoms with Crippen molar-refractivity contribution in [1.82, 2.24) is 0 Å². The molecule has 0 saturated carbocycles. The summed E-state index contributed by atoms with van der Waals surface area (Å²) < 4.78 is 13.0. The van der Waals surface area contributed by atoms with E-state index < -0.39 is 0 Å². The molecule has 0 aliphatic rings. The van der Waals surface area contributed by atoms with E-state index in [1.165, 1.54) is 5.56 Å². The first-order valence-corrected chi connectivity index (χ1v) is 10.2. The summed E-state index contributed by atoms with van der Waals surface area (Å²) in [5.41, 5.74) is 4.67. The fourth-order valence-electron chi connectivity index (χ4n) is 2.73. The molecule has 0 radical (unpaired) electrons. The zero-order valence-corrected chi connectivity index (χ0v) is 17.8. The van der Waals surface area contributed by atoms with Gasteiger partial charge in [-0.05, 0) is 71.8 Å². The number of aryl methyl sites for hydroxylation is 1. The lowest BCUT2D eigenvalue weighted by Crippen LogP contribution is -2.05. The first kappa shape index (κ1) is 19.5. The molecule has 0 aliphatic heterocycles. The molecule has 0 atom stereocenters. The van der Waals surface area contributed by atoms with E-state index in [4.69, 9.17) is 9.47 Å². The second kappa shape index (κ2) is 9.65. The summed E-state index contributed by atoms with van der Waals surface area (Å²) in [6.07, 6.45) is 0. The summed E-state index contributed by atoms with van der Waals surface area (Å²) in [7, 11) is 0. The molecule has 140 valence electrons. The van der Waals surface area contributed by atoms with Crippen LogP contribution in [0.1, 0.15) is 23.6 Å². The van der Waals surface area contributed by atoms with Gasteiger partial charge in [-0.1, -0.05) is 48.0 Å². The quantitative estimate of drug-likeness (QED) is 0.396. The van der Waals surface area contributed by atoms with Gasteiger partial charge in [0.25, 0.3) is 0 Å². The number of ether oxygens (including phenoxy) is 2. The molecule has 27 heavy (non-hydrogen) atoms. The molecule has 1 N–H and O–H groups in total. The standard InChI is InChI=1S/C23H24INO2/c1-3-26-22-14-19(15-25-20-11-9-17(2)10-12-20)13-21(24)23(22)27-16-18-7-5-4-6-8-18/h4-14,25H,3,15-16H2,1-2H3. The maximum Gasteiger partial charge on any atom is 0.174 e. The molecule has 0 aromatic heterocycles. The van der Waals surface area contributed by atoms with Crippen molar-refractivity contribution < 1.29 is 9.47 Å². The smallest absolute Gasteiger partial charge is 0.174 e. The van der Waals surface area contributed by atoms with Gasteiger partial charge in [0.05, 0.1) is 10.2 Å². The van der Waals surface area contributed by atoms with E-state index >= 15 is 0 Å². The van der Waals surface area contributed by atoms with E-state index in [2.05, 4.69) is 83.4 Å². The molecule has 0 spiro atoms. The lowest BCUT2D eigenvalue weighted by atomic mass is 10.1. The van der Waals surface area contributed by atoms with Gasteiger partial charge in [0.2, 0.25) is 0 Å². The molecule has 0 heterocycles. The molecule has 0 amide bonds. The lowest BCUT2D eigenvalue weighted by molar-refractivity contribution is 0.267. The topological polar surface area (TPSA) is 30.5 Å². The number of hydrogen-bond acceptors (Lipinski definition) is 3. The molecular formula is C23H24INO2. The average Bonchev–Trinajstić information content (AvgIpc) is 2.68. The number of rotatable bonds is 8. The van der Waals surface area contributed by atoms with Crippen LogP contribution < -0.4 is 14.8 Å². The Bertz CT molecular complexity index is 864. The molecule has 0 aliphatic carbocycles. The van der Waals surface area contributed by atoms with Crippen LogP contribution in [0.4, 0.5) is 5.69 Å². The van der Waals surface area contributed by atoms with Crippen LogP contribution in [0, 0.1) is 10.5 Å². The molecule has 0 fully saturated rings. The largest absolute Gasteiger partial charge is 0.490 e. The normalized spacial score (nSPS) is 10.5. The Morgan fingerprint density at radius 2 is 1.63 bits per heavy atom. The third-order valence-corrected chi connectivity index (χ3v) is 4.94. The average molecular weight is 473 g/mol. The zero-order chi connectivity index (χ0) is 19.1. The molecule has 3 aromatic rings. The number of nitrogens with one attached hydrogen (secondary N) is 1. The van der Waals surface area contributed by atoms with Crippen LogP contribution >= 0.6 is 22.6 Å². The van der Waals surface area contributed by atoms with Crippen molar-refractivity contribution in [3.8, 4) is 11.5 Å². The second-order valence-electron chi connectivity index (χ2n) is 6.33. The minimum Gasteiger partial charge on any atom is -0.490 e. The van der Waals surface area contributed by atoms with E-state index in [1.54, 1.807) is 0 Å². The van der Waals surface area contributed by atoms with Gasteiger partial charge in [0, 0.05) is 12.2 Å². The maximum atomic E-state index is 6.08. The van der Waals surface area contributed by atoms with Gasteiger partial charge in [0.1, 0.15) is 6.61 Å². The third kappa shape index (κ3) is 5.63. The fraction of sp³-hybridized carbons (Fsp3) is 0.217. The first-order valence-electron chi connectivity index (χ1n) is 9.08. The highest BCUT2D eigenvalue weighted by atomic mass is 127. The number of anilines is 1. The van der Waals surface area contributed by atoms with E-state index in [-0.39, 0.29) is 0 Å². The molecule has 0 unspecified atom stereocenters. The summed E-state index contributed by atoms with van der Waals surface area (Å²) in [4.78, 5) is 0. The van der Waals surface area contributed by atoms with Crippen molar-refractivity contribution in [3.63, 3.8) is 0 Å². The highest BCUT2D eigenvalue weighted by Gasteiger charge is 2.12. The molecule has 3 aromatic carbocycles. The van der Waals surface area contributed by atoms with Crippen molar-refractivity contribution in [2.24, 2.45) is 0 Å². The Labute approximate surface area is 174 Å². The predicted octanol–water partition coefficient (Wildman–Crippen LogP) is 6.19. The van der Waals surface area contributed by atoms with Crippen molar-refractivity contribution >= 4 is 28.3 Å². The molecule has 0 bridgehead atoms. The Balaban J connectivity index is 1.73. The van der Waals surface area contributed by atoms with Crippen LogP contribution in [0.2, 0.25) is 0 Å². The highest BCUT2D eigenvalue weighted by Crippen LogP contribution is 2.35. The summed E-state index contributed by atoms with van der Waals surface area (Å²) >= 11 is 2.32. The van der Waals surface area contributed by atoms with Crippen LogP contribution in [0.3, 0.4) is 0 Å². The summed E-state index contributed by atoms with van der Waals surface area (Å²) in [6.45, 7) is 5.95. The highest BCUT2D eigenvalue weighted by molar-refractivity contribution is 14.1. The Morgan fingerprint density at radius 3 is 2.33 bits per heavy atom.